The third-order valence-electron chi connectivity index (χ3n) is 3.12. The first-order chi connectivity index (χ1) is 8.15. The highest BCUT2D eigenvalue weighted by molar-refractivity contribution is 6.32. The number of hydrogen-bond donors (Lipinski definition) is 2. The maximum Gasteiger partial charge on any atom is 0.208 e. The van der Waals surface area contributed by atoms with Crippen LogP contribution in [0.4, 0.5) is 4.39 Å². The molecule has 2 rings (SSSR count). The lowest BCUT2D eigenvalue weighted by Crippen LogP contribution is -2.28. The van der Waals surface area contributed by atoms with Gasteiger partial charge < -0.3 is 15.2 Å². The summed E-state index contributed by atoms with van der Waals surface area (Å²) in [6.07, 6.45) is 1.93. The summed E-state index contributed by atoms with van der Waals surface area (Å²) in [7, 11) is 1.32. The Balaban J connectivity index is 2.40. The number of nitrogens with one attached hydrogen (secondary N) is 1. The second kappa shape index (κ2) is 5.10. The zero-order valence-corrected chi connectivity index (χ0v) is 10.4. The molecule has 0 aromatic heterocycles. The minimum atomic E-state index is -0.777. The fourth-order valence-electron chi connectivity index (χ4n) is 2.23. The van der Waals surface area contributed by atoms with Gasteiger partial charge in [-0.15, -0.1) is 0 Å². The lowest BCUT2D eigenvalue weighted by Gasteiger charge is -2.24. The fourth-order valence-corrected chi connectivity index (χ4v) is 2.50. The molecule has 0 spiro atoms. The Kier molecular flexibility index (Phi) is 3.74. The molecule has 1 aliphatic heterocycles. The summed E-state index contributed by atoms with van der Waals surface area (Å²) in [4.78, 5) is 0. The molecule has 2 N–H and O–H groups in total. The van der Waals surface area contributed by atoms with Gasteiger partial charge in [0, 0.05) is 18.0 Å². The van der Waals surface area contributed by atoms with Gasteiger partial charge in [0.25, 0.3) is 0 Å². The fraction of sp³-hybridized carbons (Fsp3) is 0.500. The molecule has 3 nitrogen and oxygen atoms in total. The molecule has 1 heterocycles. The molecule has 1 aromatic rings. The van der Waals surface area contributed by atoms with Gasteiger partial charge >= 0.3 is 0 Å². The molecule has 0 radical (unpaired) electrons. The van der Waals surface area contributed by atoms with E-state index < -0.39 is 5.82 Å². The SMILES string of the molecule is COc1c(Cl)cc(C2CCCNC2)c(O)c1F. The summed E-state index contributed by atoms with van der Waals surface area (Å²) in [6.45, 7) is 1.69. The van der Waals surface area contributed by atoms with Crippen molar-refractivity contribution in [2.75, 3.05) is 20.2 Å². The quantitative estimate of drug-likeness (QED) is 0.858. The molecule has 1 atom stereocenters. The number of aromatic hydroxyl groups is 1. The average Bonchev–Trinajstić information content (AvgIpc) is 2.35. The van der Waals surface area contributed by atoms with E-state index >= 15 is 0 Å². The van der Waals surface area contributed by atoms with Crippen molar-refractivity contribution in [3.63, 3.8) is 0 Å². The molecule has 1 saturated heterocycles. The maximum absolute atomic E-state index is 13.8. The summed E-state index contributed by atoms with van der Waals surface area (Å²) in [5.41, 5.74) is 0.556. The van der Waals surface area contributed by atoms with Crippen LogP contribution < -0.4 is 10.1 Å². The number of halogens is 2. The van der Waals surface area contributed by atoms with Gasteiger partial charge in [0.1, 0.15) is 0 Å². The third-order valence-corrected chi connectivity index (χ3v) is 3.40. The predicted molar refractivity (Wildman–Crippen MR) is 64.5 cm³/mol. The van der Waals surface area contributed by atoms with Gasteiger partial charge in [-0.2, -0.15) is 4.39 Å². The van der Waals surface area contributed by atoms with Gasteiger partial charge in [0.15, 0.2) is 11.5 Å². The Hall–Kier alpha value is -1.00. The minimum absolute atomic E-state index is 0.0988. The van der Waals surface area contributed by atoms with Gasteiger partial charge in [0.05, 0.1) is 12.1 Å². The first-order valence-electron chi connectivity index (χ1n) is 5.60. The molecule has 0 amide bonds. The normalized spacial score (nSPS) is 20.3. The second-order valence-corrected chi connectivity index (χ2v) is 4.59. The number of piperidine rings is 1. The summed E-state index contributed by atoms with van der Waals surface area (Å²) in [5.74, 6) is -1.13. The van der Waals surface area contributed by atoms with Crippen molar-refractivity contribution in [3.8, 4) is 11.5 Å². The first kappa shape index (κ1) is 12.5. The molecular formula is C12H15ClFNO2. The monoisotopic (exact) mass is 259 g/mol. The van der Waals surface area contributed by atoms with E-state index in [4.69, 9.17) is 16.3 Å². The topological polar surface area (TPSA) is 41.5 Å². The van der Waals surface area contributed by atoms with Gasteiger partial charge in [0.2, 0.25) is 5.82 Å². The zero-order valence-electron chi connectivity index (χ0n) is 9.59. The number of methoxy groups -OCH3 is 1. The summed E-state index contributed by atoms with van der Waals surface area (Å²) < 4.78 is 18.6. The van der Waals surface area contributed by atoms with E-state index in [1.807, 2.05) is 0 Å². The number of phenolic OH excluding ortho intramolecular Hbond substituents is 1. The molecule has 1 unspecified atom stereocenters. The lowest BCUT2D eigenvalue weighted by atomic mass is 9.91. The molecule has 0 bridgehead atoms. The van der Waals surface area contributed by atoms with Crippen LogP contribution in [0.5, 0.6) is 11.5 Å². The standard InChI is InChI=1S/C12H15ClFNO2/c1-17-12-9(13)5-8(11(16)10(12)14)7-3-2-4-15-6-7/h5,7,15-16H,2-4,6H2,1H3. The van der Waals surface area contributed by atoms with E-state index in [1.54, 1.807) is 6.07 Å². The molecule has 1 fully saturated rings. The second-order valence-electron chi connectivity index (χ2n) is 4.19. The van der Waals surface area contributed by atoms with Crippen LogP contribution in [-0.2, 0) is 0 Å². The van der Waals surface area contributed by atoms with Crippen LogP contribution in [0.15, 0.2) is 6.07 Å². The van der Waals surface area contributed by atoms with E-state index in [1.165, 1.54) is 7.11 Å². The summed E-state index contributed by atoms with van der Waals surface area (Å²) >= 11 is 5.93. The van der Waals surface area contributed by atoms with Crippen molar-refractivity contribution >= 4 is 11.6 Å². The van der Waals surface area contributed by atoms with Crippen molar-refractivity contribution in [1.82, 2.24) is 5.32 Å². The average molecular weight is 260 g/mol. The highest BCUT2D eigenvalue weighted by atomic mass is 35.5. The van der Waals surface area contributed by atoms with Crippen LogP contribution >= 0.6 is 11.6 Å². The van der Waals surface area contributed by atoms with Crippen LogP contribution in [-0.4, -0.2) is 25.3 Å². The summed E-state index contributed by atoms with van der Waals surface area (Å²) in [6, 6.07) is 1.59. The van der Waals surface area contributed by atoms with E-state index in [-0.39, 0.29) is 22.4 Å². The molecule has 0 saturated carbocycles. The number of hydrogen-bond acceptors (Lipinski definition) is 3. The lowest BCUT2D eigenvalue weighted by molar-refractivity contribution is 0.356. The molecule has 1 aromatic carbocycles. The Bertz CT molecular complexity index is 419. The first-order valence-corrected chi connectivity index (χ1v) is 5.98. The van der Waals surface area contributed by atoms with Crippen LogP contribution in [0.1, 0.15) is 24.3 Å². The van der Waals surface area contributed by atoms with Crippen LogP contribution in [0.25, 0.3) is 0 Å². The highest BCUT2D eigenvalue weighted by Crippen LogP contribution is 2.40. The van der Waals surface area contributed by atoms with Gasteiger partial charge in [-0.1, -0.05) is 11.6 Å². The van der Waals surface area contributed by atoms with Crippen LogP contribution in [0.2, 0.25) is 5.02 Å². The van der Waals surface area contributed by atoms with E-state index in [2.05, 4.69) is 5.32 Å². The number of ether oxygens (including phenoxy) is 1. The van der Waals surface area contributed by atoms with Crippen molar-refractivity contribution in [2.24, 2.45) is 0 Å². The Labute approximate surface area is 105 Å². The maximum atomic E-state index is 13.8. The third kappa shape index (κ3) is 2.33. The van der Waals surface area contributed by atoms with Gasteiger partial charge in [-0.05, 0) is 25.5 Å². The number of benzene rings is 1. The van der Waals surface area contributed by atoms with Gasteiger partial charge in [-0.25, -0.2) is 0 Å². The molecule has 0 aliphatic carbocycles. The Morgan fingerprint density at radius 3 is 2.94 bits per heavy atom. The van der Waals surface area contributed by atoms with Crippen molar-refractivity contribution in [1.29, 1.82) is 0 Å². The van der Waals surface area contributed by atoms with Crippen molar-refractivity contribution in [3.05, 3.63) is 22.5 Å². The molecule has 5 heteroatoms. The van der Waals surface area contributed by atoms with E-state index in [9.17, 15) is 9.50 Å². The predicted octanol–water partition coefficient (Wildman–Crippen LogP) is 2.66. The highest BCUT2D eigenvalue weighted by Gasteiger charge is 2.24. The van der Waals surface area contributed by atoms with Gasteiger partial charge in [-0.3, -0.25) is 0 Å². The number of rotatable bonds is 2. The minimum Gasteiger partial charge on any atom is -0.505 e. The van der Waals surface area contributed by atoms with Crippen molar-refractivity contribution in [2.45, 2.75) is 18.8 Å². The largest absolute Gasteiger partial charge is 0.505 e. The van der Waals surface area contributed by atoms with Crippen LogP contribution in [0.3, 0.4) is 0 Å². The van der Waals surface area contributed by atoms with Crippen LogP contribution in [0, 0.1) is 5.82 Å². The van der Waals surface area contributed by atoms with E-state index in [0.29, 0.717) is 5.56 Å². The zero-order chi connectivity index (χ0) is 12.4. The Morgan fingerprint density at radius 1 is 1.59 bits per heavy atom. The van der Waals surface area contributed by atoms with E-state index in [0.717, 1.165) is 25.9 Å². The summed E-state index contributed by atoms with van der Waals surface area (Å²) in [5, 5.41) is 13.3. The molecule has 17 heavy (non-hydrogen) atoms. The molecular weight excluding hydrogens is 245 g/mol. The smallest absolute Gasteiger partial charge is 0.208 e. The number of phenols is 1. The Morgan fingerprint density at radius 2 is 2.35 bits per heavy atom. The molecule has 94 valence electrons. The molecule has 1 aliphatic rings. The van der Waals surface area contributed by atoms with Crippen molar-refractivity contribution < 1.29 is 14.2 Å².